The van der Waals surface area contributed by atoms with E-state index < -0.39 is 0 Å². The first-order valence-corrected chi connectivity index (χ1v) is 6.24. The largest absolute Gasteiger partial charge is 0.476 e. The molecule has 6 rings (SSSR count). The highest BCUT2D eigenvalue weighted by molar-refractivity contribution is 5.95. The van der Waals surface area contributed by atoms with Crippen LogP contribution in [0, 0.1) is 11.8 Å². The molecule has 0 N–H and O–H groups in total. The van der Waals surface area contributed by atoms with E-state index in [-0.39, 0.29) is 0 Å². The van der Waals surface area contributed by atoms with Crippen LogP contribution in [0.15, 0.2) is 11.5 Å². The van der Waals surface area contributed by atoms with E-state index in [2.05, 4.69) is 9.48 Å². The van der Waals surface area contributed by atoms with Crippen LogP contribution in [0.4, 0.5) is 0 Å². The van der Waals surface area contributed by atoms with E-state index in [1.165, 1.54) is 37.4 Å². The average Bonchev–Trinajstić information content (AvgIpc) is 2.56. The molecule has 2 aliphatic carbocycles. The van der Waals surface area contributed by atoms with Crippen LogP contribution < -0.4 is 0 Å². The minimum atomic E-state index is 0.564. The summed E-state index contributed by atoms with van der Waals surface area (Å²) in [5.41, 5.74) is 3.12. The van der Waals surface area contributed by atoms with Crippen molar-refractivity contribution in [1.82, 2.24) is 4.90 Å². The molecule has 4 heteroatoms. The van der Waals surface area contributed by atoms with Gasteiger partial charge in [-0.1, -0.05) is 0 Å². The Kier molecular flexibility index (Phi) is 1.24. The SMILES string of the molecule is C1C2=C3[C@H]1CN3CO2.C1C2OC[N+]3=C2[C@H]1C3. The van der Waals surface area contributed by atoms with Gasteiger partial charge in [0.2, 0.25) is 6.73 Å². The highest BCUT2D eigenvalue weighted by atomic mass is 16.5. The summed E-state index contributed by atoms with van der Waals surface area (Å²) >= 11 is 0. The van der Waals surface area contributed by atoms with Crippen LogP contribution in [0.2, 0.25) is 0 Å². The summed E-state index contributed by atoms with van der Waals surface area (Å²) < 4.78 is 13.1. The molecule has 0 spiro atoms. The molecule has 4 nitrogen and oxygen atoms in total. The van der Waals surface area contributed by atoms with Gasteiger partial charge in [-0.2, -0.15) is 0 Å². The summed E-state index contributed by atoms with van der Waals surface area (Å²) in [5.74, 6) is 3.14. The van der Waals surface area contributed by atoms with Gasteiger partial charge in [-0.05, 0) is 0 Å². The van der Waals surface area contributed by atoms with Gasteiger partial charge in [-0.25, -0.2) is 4.58 Å². The average molecular weight is 219 g/mol. The van der Waals surface area contributed by atoms with E-state index in [0.717, 1.165) is 25.3 Å². The van der Waals surface area contributed by atoms with E-state index in [1.807, 2.05) is 0 Å². The summed E-state index contributed by atoms with van der Waals surface area (Å²) in [6.07, 6.45) is 3.10. The maximum absolute atomic E-state index is 5.39. The summed E-state index contributed by atoms with van der Waals surface area (Å²) in [5, 5.41) is 0. The minimum absolute atomic E-state index is 0.564. The molecular formula is C12H15N2O2+. The quantitative estimate of drug-likeness (QED) is 0.550. The number of ether oxygens (including phenoxy) is 2. The molecule has 2 fully saturated rings. The third kappa shape index (κ3) is 0.775. The first kappa shape index (κ1) is 8.12. The van der Waals surface area contributed by atoms with Crippen LogP contribution in [-0.4, -0.2) is 47.8 Å². The number of hydrogen-bond acceptors (Lipinski definition) is 3. The number of hydrogen-bond donors (Lipinski definition) is 0. The van der Waals surface area contributed by atoms with E-state index in [1.54, 1.807) is 5.71 Å². The highest BCUT2D eigenvalue weighted by Crippen LogP contribution is 2.49. The van der Waals surface area contributed by atoms with Crippen molar-refractivity contribution in [2.24, 2.45) is 11.8 Å². The summed E-state index contributed by atoms with van der Waals surface area (Å²) in [6, 6.07) is 0. The first-order chi connectivity index (χ1) is 7.90. The molecule has 16 heavy (non-hydrogen) atoms. The Morgan fingerprint density at radius 1 is 1.31 bits per heavy atom. The second-order valence-electron chi connectivity index (χ2n) is 5.57. The lowest BCUT2D eigenvalue weighted by Crippen LogP contribution is -2.54. The van der Waals surface area contributed by atoms with Crippen molar-refractivity contribution in [2.45, 2.75) is 18.9 Å². The molecule has 0 radical (unpaired) electrons. The Morgan fingerprint density at radius 3 is 2.94 bits per heavy atom. The van der Waals surface area contributed by atoms with Crippen molar-refractivity contribution in [3.8, 4) is 0 Å². The first-order valence-electron chi connectivity index (χ1n) is 6.24. The molecule has 84 valence electrons. The fraction of sp³-hybridized carbons (Fsp3) is 0.750. The van der Waals surface area contributed by atoms with Gasteiger partial charge in [0, 0.05) is 25.3 Å². The van der Waals surface area contributed by atoms with Gasteiger partial charge >= 0.3 is 0 Å². The molecule has 0 aromatic heterocycles. The van der Waals surface area contributed by atoms with Crippen LogP contribution in [0.25, 0.3) is 0 Å². The molecule has 4 heterocycles. The molecule has 0 aromatic carbocycles. The fourth-order valence-electron chi connectivity index (χ4n) is 3.72. The predicted molar refractivity (Wildman–Crippen MR) is 55.8 cm³/mol. The predicted octanol–water partition coefficient (Wildman–Crippen LogP) is 0.351. The zero-order valence-corrected chi connectivity index (χ0v) is 9.19. The molecule has 0 aromatic rings. The van der Waals surface area contributed by atoms with E-state index in [0.29, 0.717) is 6.10 Å². The van der Waals surface area contributed by atoms with Crippen LogP contribution in [0.1, 0.15) is 12.8 Å². The topological polar surface area (TPSA) is 24.7 Å². The van der Waals surface area contributed by atoms with Crippen LogP contribution in [-0.2, 0) is 9.47 Å². The number of nitrogens with zero attached hydrogens (tertiary/aromatic N) is 2. The van der Waals surface area contributed by atoms with E-state index in [4.69, 9.17) is 9.47 Å². The van der Waals surface area contributed by atoms with Gasteiger partial charge in [0.25, 0.3) is 0 Å². The third-order valence-electron chi connectivity index (χ3n) is 4.76. The smallest absolute Gasteiger partial charge is 0.248 e. The van der Waals surface area contributed by atoms with Crippen LogP contribution in [0.3, 0.4) is 0 Å². The Morgan fingerprint density at radius 2 is 2.31 bits per heavy atom. The van der Waals surface area contributed by atoms with Gasteiger partial charge in [-0.15, -0.1) is 0 Å². The Balaban J connectivity index is 0.0000000833. The van der Waals surface area contributed by atoms with E-state index in [9.17, 15) is 0 Å². The zero-order chi connectivity index (χ0) is 10.3. The van der Waals surface area contributed by atoms with Crippen molar-refractivity contribution < 1.29 is 14.0 Å². The zero-order valence-electron chi connectivity index (χ0n) is 9.19. The molecule has 3 atom stereocenters. The number of allylic oxidation sites excluding steroid dienone is 1. The van der Waals surface area contributed by atoms with Gasteiger partial charge in [0.15, 0.2) is 19.0 Å². The summed E-state index contributed by atoms with van der Waals surface area (Å²) in [6.45, 7) is 4.28. The second-order valence-corrected chi connectivity index (χ2v) is 5.57. The molecule has 1 saturated carbocycles. The second kappa shape index (κ2) is 2.45. The molecule has 4 aliphatic heterocycles. The Labute approximate surface area is 94.1 Å². The highest BCUT2D eigenvalue weighted by Gasteiger charge is 2.58. The Bertz CT molecular complexity index is 404. The molecule has 0 amide bonds. The summed E-state index contributed by atoms with van der Waals surface area (Å²) in [4.78, 5) is 2.31. The fourth-order valence-corrected chi connectivity index (χ4v) is 3.72. The van der Waals surface area contributed by atoms with Crippen molar-refractivity contribution in [3.05, 3.63) is 11.5 Å². The summed E-state index contributed by atoms with van der Waals surface area (Å²) in [7, 11) is 0. The maximum atomic E-state index is 5.39. The molecular weight excluding hydrogens is 204 g/mol. The van der Waals surface area contributed by atoms with Crippen molar-refractivity contribution >= 4 is 5.71 Å². The van der Waals surface area contributed by atoms with Crippen molar-refractivity contribution in [1.29, 1.82) is 0 Å². The molecule has 1 unspecified atom stereocenters. The van der Waals surface area contributed by atoms with Crippen molar-refractivity contribution in [3.63, 3.8) is 0 Å². The van der Waals surface area contributed by atoms with E-state index >= 15 is 0 Å². The molecule has 6 aliphatic rings. The minimum Gasteiger partial charge on any atom is -0.476 e. The lowest BCUT2D eigenvalue weighted by molar-refractivity contribution is -0.577. The van der Waals surface area contributed by atoms with Crippen LogP contribution >= 0.6 is 0 Å². The van der Waals surface area contributed by atoms with Gasteiger partial charge in [0.05, 0.1) is 5.70 Å². The van der Waals surface area contributed by atoms with Crippen molar-refractivity contribution in [2.75, 3.05) is 26.6 Å². The maximum Gasteiger partial charge on any atom is 0.248 e. The lowest BCUT2D eigenvalue weighted by Gasteiger charge is -2.43. The molecule has 0 bridgehead atoms. The lowest BCUT2D eigenvalue weighted by atomic mass is 9.75. The van der Waals surface area contributed by atoms with Crippen LogP contribution in [0.5, 0.6) is 0 Å². The number of rotatable bonds is 0. The van der Waals surface area contributed by atoms with Gasteiger partial charge in [-0.3, -0.25) is 0 Å². The standard InChI is InChI=1S/C6H8NO.C6H7NO/c2*1-4-2-7-3-8-5(1)6(4)7/h4-5H,1-3H2;4H,1-3H2/q+1;/t4-,5?;4-/m11/s1. The third-order valence-corrected chi connectivity index (χ3v) is 4.76. The van der Waals surface area contributed by atoms with Gasteiger partial charge in [0.1, 0.15) is 17.8 Å². The Hall–Kier alpha value is -1.03. The van der Waals surface area contributed by atoms with Gasteiger partial charge < -0.3 is 14.4 Å². The molecule has 1 saturated heterocycles. The normalized spacial score (nSPS) is 43.0. The monoisotopic (exact) mass is 219 g/mol.